The molecule has 2 rings (SSSR count). The third-order valence-corrected chi connectivity index (χ3v) is 4.55. The Hall–Kier alpha value is -0.820. The highest BCUT2D eigenvalue weighted by molar-refractivity contribution is 8.01. The summed E-state index contributed by atoms with van der Waals surface area (Å²) in [6, 6.07) is 0. The van der Waals surface area contributed by atoms with Crippen molar-refractivity contribution in [2.24, 2.45) is 0 Å². The van der Waals surface area contributed by atoms with Crippen LogP contribution in [0.15, 0.2) is 4.34 Å². The lowest BCUT2D eigenvalue weighted by atomic mass is 9.79. The molecule has 0 aliphatic heterocycles. The molecule has 0 bridgehead atoms. The maximum Gasteiger partial charge on any atom is 0.313 e. The zero-order chi connectivity index (χ0) is 11.6. The number of carboxylic acid groups (broad SMARTS) is 1. The molecule has 0 aromatic carbocycles. The summed E-state index contributed by atoms with van der Waals surface area (Å²) in [5, 5.41) is 20.6. The van der Waals surface area contributed by atoms with E-state index in [2.05, 4.69) is 22.4 Å². The minimum absolute atomic E-state index is 0.0336. The first-order chi connectivity index (χ1) is 7.57. The Morgan fingerprint density at radius 2 is 2.38 bits per heavy atom. The minimum atomic E-state index is -0.833. The van der Waals surface area contributed by atoms with Gasteiger partial charge in [-0.2, -0.15) is 0 Å². The van der Waals surface area contributed by atoms with Gasteiger partial charge in [-0.1, -0.05) is 23.1 Å². The molecule has 1 aromatic heterocycles. The van der Waals surface area contributed by atoms with Crippen molar-refractivity contribution in [3.63, 3.8) is 0 Å². The molecule has 7 heteroatoms. The van der Waals surface area contributed by atoms with E-state index in [1.54, 1.807) is 0 Å². The van der Waals surface area contributed by atoms with Gasteiger partial charge in [0.1, 0.15) is 0 Å². The fourth-order valence-corrected chi connectivity index (χ4v) is 3.15. The highest BCUT2D eigenvalue weighted by Gasteiger charge is 2.32. The van der Waals surface area contributed by atoms with Crippen LogP contribution in [0.3, 0.4) is 0 Å². The zero-order valence-electron chi connectivity index (χ0n) is 8.89. The van der Waals surface area contributed by atoms with Gasteiger partial charge in [-0.25, -0.2) is 0 Å². The van der Waals surface area contributed by atoms with Crippen LogP contribution in [0.5, 0.6) is 0 Å². The van der Waals surface area contributed by atoms with Crippen molar-refractivity contribution in [2.75, 3.05) is 11.1 Å². The summed E-state index contributed by atoms with van der Waals surface area (Å²) in [6.45, 7) is 2.17. The van der Waals surface area contributed by atoms with Gasteiger partial charge in [-0.3, -0.25) is 4.79 Å². The summed E-state index contributed by atoms with van der Waals surface area (Å²) >= 11 is 2.62. The zero-order valence-corrected chi connectivity index (χ0v) is 10.5. The molecule has 2 N–H and O–H groups in total. The molecule has 0 unspecified atom stereocenters. The summed E-state index contributed by atoms with van der Waals surface area (Å²) in [7, 11) is 0. The highest BCUT2D eigenvalue weighted by Crippen LogP contribution is 2.36. The molecule has 0 radical (unpaired) electrons. The van der Waals surface area contributed by atoms with E-state index in [0.717, 1.165) is 18.0 Å². The molecule has 5 nitrogen and oxygen atoms in total. The van der Waals surface area contributed by atoms with Gasteiger partial charge in [-0.05, 0) is 26.2 Å². The van der Waals surface area contributed by atoms with Gasteiger partial charge in [-0.15, -0.1) is 10.2 Å². The van der Waals surface area contributed by atoms with Gasteiger partial charge in [0.15, 0.2) is 4.34 Å². The Balaban J connectivity index is 1.89. The number of nitrogens with one attached hydrogen (secondary N) is 1. The number of aliphatic carboxylic acids is 1. The third kappa shape index (κ3) is 2.85. The van der Waals surface area contributed by atoms with Crippen LogP contribution in [0.1, 0.15) is 26.2 Å². The number of anilines is 1. The first-order valence-corrected chi connectivity index (χ1v) is 6.84. The summed E-state index contributed by atoms with van der Waals surface area (Å²) in [4.78, 5) is 10.4. The molecule has 0 spiro atoms. The van der Waals surface area contributed by atoms with Gasteiger partial charge >= 0.3 is 5.97 Å². The van der Waals surface area contributed by atoms with Crippen LogP contribution in [0.25, 0.3) is 0 Å². The van der Waals surface area contributed by atoms with Crippen molar-refractivity contribution < 1.29 is 9.90 Å². The molecule has 88 valence electrons. The van der Waals surface area contributed by atoms with E-state index in [1.165, 1.54) is 29.5 Å². The van der Waals surface area contributed by atoms with E-state index in [0.29, 0.717) is 4.34 Å². The maximum atomic E-state index is 10.4. The molecule has 0 saturated heterocycles. The lowest BCUT2D eigenvalue weighted by molar-refractivity contribution is -0.133. The molecule has 1 aromatic rings. The number of nitrogens with zero attached hydrogens (tertiary/aromatic N) is 2. The van der Waals surface area contributed by atoms with E-state index >= 15 is 0 Å². The van der Waals surface area contributed by atoms with E-state index in [-0.39, 0.29) is 11.3 Å². The Morgan fingerprint density at radius 3 is 2.94 bits per heavy atom. The Labute approximate surface area is 102 Å². The van der Waals surface area contributed by atoms with Crippen molar-refractivity contribution >= 4 is 34.2 Å². The number of thioether (sulfide) groups is 1. The first kappa shape index (κ1) is 11.7. The van der Waals surface area contributed by atoms with E-state index < -0.39 is 5.97 Å². The molecule has 16 heavy (non-hydrogen) atoms. The number of hydrogen-bond acceptors (Lipinski definition) is 6. The molecular weight excluding hydrogens is 246 g/mol. The van der Waals surface area contributed by atoms with Gasteiger partial charge in [0.2, 0.25) is 5.13 Å². The number of carboxylic acids is 1. The van der Waals surface area contributed by atoms with Crippen LogP contribution >= 0.6 is 23.1 Å². The standard InChI is InChI=1S/C9H13N3O2S2/c1-9(3-2-4-9)10-7-11-12-8(16-7)15-5-6(13)14/h2-5H2,1H3,(H,10,11)(H,13,14). The molecule has 1 aliphatic carbocycles. The fourth-order valence-electron chi connectivity index (χ4n) is 1.53. The summed E-state index contributed by atoms with van der Waals surface area (Å²) in [6.07, 6.45) is 3.57. The van der Waals surface area contributed by atoms with Crippen molar-refractivity contribution in [1.82, 2.24) is 10.2 Å². The van der Waals surface area contributed by atoms with Crippen LogP contribution in [-0.2, 0) is 4.79 Å². The van der Waals surface area contributed by atoms with Crippen LogP contribution in [0.2, 0.25) is 0 Å². The van der Waals surface area contributed by atoms with Crippen molar-refractivity contribution in [3.05, 3.63) is 0 Å². The second-order valence-electron chi connectivity index (χ2n) is 4.09. The highest BCUT2D eigenvalue weighted by atomic mass is 32.2. The van der Waals surface area contributed by atoms with Crippen molar-refractivity contribution in [3.8, 4) is 0 Å². The maximum absolute atomic E-state index is 10.4. The average Bonchev–Trinajstić information content (AvgIpc) is 2.60. The summed E-state index contributed by atoms with van der Waals surface area (Å²) in [5.74, 6) is -0.799. The normalized spacial score (nSPS) is 17.8. The largest absolute Gasteiger partial charge is 0.481 e. The molecular formula is C9H13N3O2S2. The third-order valence-electron chi connectivity index (χ3n) is 2.59. The number of aromatic nitrogens is 2. The molecule has 1 fully saturated rings. The molecule has 1 saturated carbocycles. The number of carbonyl (C=O) groups is 1. The monoisotopic (exact) mass is 259 g/mol. The number of hydrogen-bond donors (Lipinski definition) is 2. The van der Waals surface area contributed by atoms with Crippen LogP contribution in [-0.4, -0.2) is 32.6 Å². The van der Waals surface area contributed by atoms with Crippen LogP contribution < -0.4 is 5.32 Å². The predicted octanol–water partition coefficient (Wildman–Crippen LogP) is 2.07. The second-order valence-corrected chi connectivity index (χ2v) is 6.29. The molecule has 1 aliphatic rings. The quantitative estimate of drug-likeness (QED) is 0.788. The molecule has 0 atom stereocenters. The van der Waals surface area contributed by atoms with Gasteiger partial charge in [0.05, 0.1) is 5.75 Å². The van der Waals surface area contributed by atoms with Crippen molar-refractivity contribution in [1.29, 1.82) is 0 Å². The average molecular weight is 259 g/mol. The number of rotatable bonds is 5. The van der Waals surface area contributed by atoms with Crippen LogP contribution in [0, 0.1) is 0 Å². The first-order valence-electron chi connectivity index (χ1n) is 5.04. The summed E-state index contributed by atoms with van der Waals surface area (Å²) < 4.78 is 0.702. The van der Waals surface area contributed by atoms with E-state index in [4.69, 9.17) is 5.11 Å². The smallest absolute Gasteiger partial charge is 0.313 e. The van der Waals surface area contributed by atoms with Gasteiger partial charge in [0.25, 0.3) is 0 Å². The fraction of sp³-hybridized carbons (Fsp3) is 0.667. The topological polar surface area (TPSA) is 75.1 Å². The van der Waals surface area contributed by atoms with E-state index in [9.17, 15) is 4.79 Å². The summed E-state index contributed by atoms with van der Waals surface area (Å²) in [5.41, 5.74) is 0.161. The second kappa shape index (κ2) is 4.58. The SMILES string of the molecule is CC1(Nc2nnc(SCC(=O)O)s2)CCC1. The molecule has 0 amide bonds. The lowest BCUT2D eigenvalue weighted by Gasteiger charge is -2.38. The molecule has 1 heterocycles. The van der Waals surface area contributed by atoms with Crippen LogP contribution in [0.4, 0.5) is 5.13 Å². The predicted molar refractivity (Wildman–Crippen MR) is 64.1 cm³/mol. The lowest BCUT2D eigenvalue weighted by Crippen LogP contribution is -2.41. The van der Waals surface area contributed by atoms with Gasteiger partial charge < -0.3 is 10.4 Å². The minimum Gasteiger partial charge on any atom is -0.481 e. The van der Waals surface area contributed by atoms with E-state index in [1.807, 2.05) is 0 Å². The Bertz CT molecular complexity index is 390. The Kier molecular flexibility index (Phi) is 3.34. The Morgan fingerprint density at radius 1 is 1.62 bits per heavy atom. The van der Waals surface area contributed by atoms with Gasteiger partial charge in [0, 0.05) is 5.54 Å². The van der Waals surface area contributed by atoms with Crippen molar-refractivity contribution in [2.45, 2.75) is 36.1 Å².